The van der Waals surface area contributed by atoms with Gasteiger partial charge in [0.05, 0.1) is 20.9 Å². The van der Waals surface area contributed by atoms with Crippen molar-refractivity contribution in [1.29, 1.82) is 0 Å². The smallest absolute Gasteiger partial charge is 0.225 e. The zero-order valence-corrected chi connectivity index (χ0v) is 21.3. The molecule has 1 aliphatic carbocycles. The molecule has 3 aromatic rings. The average molecular weight is 496 g/mol. The quantitative estimate of drug-likeness (QED) is 0.452. The van der Waals surface area contributed by atoms with Crippen molar-refractivity contribution in [3.8, 4) is 22.9 Å². The maximum Gasteiger partial charge on any atom is 0.225 e. The number of anilines is 1. The number of piperazine rings is 1. The standard InChI is InChI=1S/C25H33N7O2S/c1-33-21-10-9-19(17-22(21)34-2)23-28-31(25(35)32(23)20-7-4-3-5-8-20)18-29-13-15-30(16-14-29)24-26-11-6-12-27-24/h6,9-12,17,20H,3-5,7-8,13-16,18H2,1-2H3. The second kappa shape index (κ2) is 10.7. The van der Waals surface area contributed by atoms with E-state index in [-0.39, 0.29) is 0 Å². The molecular weight excluding hydrogens is 462 g/mol. The van der Waals surface area contributed by atoms with E-state index in [9.17, 15) is 0 Å². The van der Waals surface area contributed by atoms with E-state index >= 15 is 0 Å². The Bertz CT molecular complexity index is 1180. The van der Waals surface area contributed by atoms with Crippen molar-refractivity contribution in [1.82, 2.24) is 29.2 Å². The van der Waals surface area contributed by atoms with Crippen molar-refractivity contribution in [3.63, 3.8) is 0 Å². The summed E-state index contributed by atoms with van der Waals surface area (Å²) in [6.45, 7) is 4.23. The molecule has 0 unspecified atom stereocenters. The van der Waals surface area contributed by atoms with Crippen LogP contribution in [0.2, 0.25) is 0 Å². The van der Waals surface area contributed by atoms with Gasteiger partial charge < -0.3 is 14.4 Å². The number of benzene rings is 1. The topological polar surface area (TPSA) is 73.5 Å². The van der Waals surface area contributed by atoms with Crippen LogP contribution in [0.5, 0.6) is 11.5 Å². The zero-order valence-electron chi connectivity index (χ0n) is 20.5. The largest absolute Gasteiger partial charge is 0.493 e. The molecule has 0 amide bonds. The minimum Gasteiger partial charge on any atom is -0.493 e. The maximum absolute atomic E-state index is 6.02. The number of ether oxygens (including phenoxy) is 2. The summed E-state index contributed by atoms with van der Waals surface area (Å²) in [6, 6.07) is 8.20. The molecule has 1 saturated heterocycles. The van der Waals surface area contributed by atoms with E-state index in [1.165, 1.54) is 19.3 Å². The SMILES string of the molecule is COc1ccc(-c2nn(CN3CCN(c4ncccn4)CC3)c(=S)n2C2CCCCC2)cc1OC. The predicted molar refractivity (Wildman–Crippen MR) is 138 cm³/mol. The monoisotopic (exact) mass is 495 g/mol. The molecule has 10 heteroatoms. The van der Waals surface area contributed by atoms with E-state index in [1.54, 1.807) is 26.6 Å². The van der Waals surface area contributed by atoms with Gasteiger partial charge in [0.15, 0.2) is 22.1 Å². The Balaban J connectivity index is 1.41. The van der Waals surface area contributed by atoms with Crippen molar-refractivity contribution in [3.05, 3.63) is 41.4 Å². The van der Waals surface area contributed by atoms with Crippen LogP contribution in [0.4, 0.5) is 5.95 Å². The summed E-state index contributed by atoms with van der Waals surface area (Å²) in [7, 11) is 3.31. The molecule has 9 nitrogen and oxygen atoms in total. The molecule has 0 spiro atoms. The third-order valence-electron chi connectivity index (χ3n) is 6.99. The van der Waals surface area contributed by atoms with Gasteiger partial charge in [-0.05, 0) is 49.3 Å². The fourth-order valence-electron chi connectivity index (χ4n) is 5.09. The zero-order chi connectivity index (χ0) is 24.2. The number of hydrogen-bond acceptors (Lipinski definition) is 8. The van der Waals surface area contributed by atoms with E-state index in [1.807, 2.05) is 28.9 Å². The molecular formula is C25H33N7O2S. The van der Waals surface area contributed by atoms with Gasteiger partial charge in [-0.1, -0.05) is 19.3 Å². The van der Waals surface area contributed by atoms with Gasteiger partial charge in [-0.15, -0.1) is 0 Å². The van der Waals surface area contributed by atoms with Crippen molar-refractivity contribution in [2.24, 2.45) is 0 Å². The van der Waals surface area contributed by atoms with Crippen LogP contribution in [0.25, 0.3) is 11.4 Å². The number of hydrogen-bond donors (Lipinski definition) is 0. The fourth-order valence-corrected chi connectivity index (χ4v) is 5.42. The van der Waals surface area contributed by atoms with Gasteiger partial charge in [-0.25, -0.2) is 14.6 Å². The van der Waals surface area contributed by atoms with Gasteiger partial charge in [-0.3, -0.25) is 9.47 Å². The summed E-state index contributed by atoms with van der Waals surface area (Å²) in [5, 5.41) is 5.06. The lowest BCUT2D eigenvalue weighted by Gasteiger charge is -2.34. The molecule has 1 saturated carbocycles. The van der Waals surface area contributed by atoms with E-state index < -0.39 is 0 Å². The van der Waals surface area contributed by atoms with Gasteiger partial charge in [0.25, 0.3) is 0 Å². The van der Waals surface area contributed by atoms with E-state index in [0.717, 1.165) is 61.1 Å². The summed E-state index contributed by atoms with van der Waals surface area (Å²) >= 11 is 6.02. The first-order valence-electron chi connectivity index (χ1n) is 12.3. The summed E-state index contributed by atoms with van der Waals surface area (Å²) in [6.07, 6.45) is 9.60. The molecule has 2 aliphatic rings. The molecule has 2 aromatic heterocycles. The lowest BCUT2D eigenvalue weighted by atomic mass is 9.95. The Hall–Kier alpha value is -2.98. The maximum atomic E-state index is 6.02. The normalized spacial score (nSPS) is 17.5. The Labute approximate surface area is 211 Å². The van der Waals surface area contributed by atoms with Gasteiger partial charge in [-0.2, -0.15) is 5.10 Å². The average Bonchev–Trinajstić information content (AvgIpc) is 3.25. The fraction of sp³-hybridized carbons (Fsp3) is 0.520. The molecule has 35 heavy (non-hydrogen) atoms. The summed E-state index contributed by atoms with van der Waals surface area (Å²) in [5.41, 5.74) is 0.990. The van der Waals surface area contributed by atoms with Crippen LogP contribution in [0.3, 0.4) is 0 Å². The third kappa shape index (κ3) is 5.04. The van der Waals surface area contributed by atoms with Crippen molar-refractivity contribution < 1.29 is 9.47 Å². The van der Waals surface area contributed by atoms with Crippen LogP contribution in [0.1, 0.15) is 38.1 Å². The molecule has 1 aliphatic heterocycles. The molecule has 2 fully saturated rings. The summed E-state index contributed by atoms with van der Waals surface area (Å²) < 4.78 is 16.1. The summed E-state index contributed by atoms with van der Waals surface area (Å²) in [5.74, 6) is 3.10. The highest BCUT2D eigenvalue weighted by Crippen LogP contribution is 2.36. The van der Waals surface area contributed by atoms with Crippen LogP contribution in [0.15, 0.2) is 36.7 Å². The van der Waals surface area contributed by atoms with E-state index in [0.29, 0.717) is 24.2 Å². The van der Waals surface area contributed by atoms with Gasteiger partial charge >= 0.3 is 0 Å². The van der Waals surface area contributed by atoms with E-state index in [2.05, 4.69) is 24.3 Å². The highest BCUT2D eigenvalue weighted by atomic mass is 32.1. The first-order chi connectivity index (χ1) is 17.2. The molecule has 1 aromatic carbocycles. The van der Waals surface area contributed by atoms with Crippen molar-refractivity contribution in [2.75, 3.05) is 45.3 Å². The van der Waals surface area contributed by atoms with Crippen LogP contribution >= 0.6 is 12.2 Å². The van der Waals surface area contributed by atoms with E-state index in [4.69, 9.17) is 26.8 Å². The van der Waals surface area contributed by atoms with Gasteiger partial charge in [0.1, 0.15) is 0 Å². The molecule has 186 valence electrons. The number of methoxy groups -OCH3 is 2. The Morgan fingerprint density at radius 1 is 0.943 bits per heavy atom. The molecule has 0 N–H and O–H groups in total. The van der Waals surface area contributed by atoms with Crippen LogP contribution in [-0.4, -0.2) is 69.6 Å². The number of aromatic nitrogens is 5. The molecule has 5 rings (SSSR count). The number of rotatable bonds is 7. The second-order valence-electron chi connectivity index (χ2n) is 9.13. The highest BCUT2D eigenvalue weighted by Gasteiger charge is 2.25. The molecule has 0 bridgehead atoms. The highest BCUT2D eigenvalue weighted by molar-refractivity contribution is 7.71. The third-order valence-corrected chi connectivity index (χ3v) is 7.40. The molecule has 0 radical (unpaired) electrons. The first kappa shape index (κ1) is 23.7. The van der Waals surface area contributed by atoms with Crippen LogP contribution < -0.4 is 14.4 Å². The first-order valence-corrected chi connectivity index (χ1v) is 12.7. The Morgan fingerprint density at radius 2 is 1.66 bits per heavy atom. The Morgan fingerprint density at radius 3 is 2.34 bits per heavy atom. The van der Waals surface area contributed by atoms with Crippen LogP contribution in [-0.2, 0) is 6.67 Å². The Kier molecular flexibility index (Phi) is 7.29. The lowest BCUT2D eigenvalue weighted by molar-refractivity contribution is 0.192. The minimum absolute atomic E-state index is 0.375. The second-order valence-corrected chi connectivity index (χ2v) is 9.50. The number of nitrogens with zero attached hydrogens (tertiary/aromatic N) is 7. The van der Waals surface area contributed by atoms with Crippen molar-refractivity contribution in [2.45, 2.75) is 44.8 Å². The summed E-state index contributed by atoms with van der Waals surface area (Å²) in [4.78, 5) is 13.4. The van der Waals surface area contributed by atoms with Gasteiger partial charge in [0, 0.05) is 50.2 Å². The minimum atomic E-state index is 0.375. The predicted octanol–water partition coefficient (Wildman–Crippen LogP) is 4.17. The van der Waals surface area contributed by atoms with Crippen molar-refractivity contribution >= 4 is 18.2 Å². The van der Waals surface area contributed by atoms with Crippen LogP contribution in [0, 0.1) is 4.77 Å². The molecule has 0 atom stereocenters. The van der Waals surface area contributed by atoms with Gasteiger partial charge in [0.2, 0.25) is 5.95 Å². The molecule has 3 heterocycles. The lowest BCUT2D eigenvalue weighted by Crippen LogP contribution is -2.47.